The summed E-state index contributed by atoms with van der Waals surface area (Å²) in [5.41, 5.74) is 1.06. The second kappa shape index (κ2) is 5.54. The molecule has 0 saturated carbocycles. The van der Waals surface area contributed by atoms with Crippen molar-refractivity contribution < 1.29 is 9.53 Å². The van der Waals surface area contributed by atoms with E-state index in [1.165, 1.54) is 0 Å². The number of carbonyl (C=O) groups excluding carboxylic acids is 1. The van der Waals surface area contributed by atoms with Crippen LogP contribution in [-0.4, -0.2) is 12.4 Å². The number of rotatable bonds is 5. The lowest BCUT2D eigenvalue weighted by molar-refractivity contribution is -0.124. The van der Waals surface area contributed by atoms with Gasteiger partial charge in [0, 0.05) is 5.92 Å². The topological polar surface area (TPSA) is 26.3 Å². The fraction of sp³-hybridized carbons (Fsp3) is 0.462. The lowest BCUT2D eigenvalue weighted by atomic mass is 10.0. The van der Waals surface area contributed by atoms with Crippen molar-refractivity contribution in [3.05, 3.63) is 29.8 Å². The van der Waals surface area contributed by atoms with Crippen LogP contribution in [0.25, 0.3) is 0 Å². The third-order valence-electron chi connectivity index (χ3n) is 2.63. The minimum absolute atomic E-state index is 0.0917. The smallest absolute Gasteiger partial charge is 0.172 e. The molecular formula is C13H18O2. The number of para-hydroxylation sites is 1. The third kappa shape index (κ3) is 3.39. The van der Waals surface area contributed by atoms with Crippen molar-refractivity contribution in [3.63, 3.8) is 0 Å². The van der Waals surface area contributed by atoms with Gasteiger partial charge < -0.3 is 4.74 Å². The largest absolute Gasteiger partial charge is 0.486 e. The molecule has 1 aromatic rings. The zero-order chi connectivity index (χ0) is 11.3. The molecule has 2 heteroatoms. The Morgan fingerprint density at radius 3 is 2.67 bits per heavy atom. The van der Waals surface area contributed by atoms with Crippen molar-refractivity contribution in [3.8, 4) is 5.75 Å². The van der Waals surface area contributed by atoms with E-state index in [-0.39, 0.29) is 18.3 Å². The van der Waals surface area contributed by atoms with Crippen molar-refractivity contribution in [2.24, 2.45) is 5.92 Å². The number of ether oxygens (including phenoxy) is 1. The van der Waals surface area contributed by atoms with Crippen LogP contribution in [0.15, 0.2) is 24.3 Å². The SMILES string of the molecule is CCC(C)C(=O)COc1ccccc1C. The molecule has 0 aliphatic heterocycles. The molecule has 0 amide bonds. The fourth-order valence-electron chi connectivity index (χ4n) is 1.24. The molecule has 82 valence electrons. The molecule has 0 heterocycles. The van der Waals surface area contributed by atoms with Gasteiger partial charge in [0.05, 0.1) is 0 Å². The number of Topliss-reactive ketones (excluding diaryl/α,β-unsaturated/α-hetero) is 1. The van der Waals surface area contributed by atoms with E-state index in [1.54, 1.807) is 0 Å². The molecule has 15 heavy (non-hydrogen) atoms. The maximum absolute atomic E-state index is 11.5. The fourth-order valence-corrected chi connectivity index (χ4v) is 1.24. The van der Waals surface area contributed by atoms with Gasteiger partial charge in [-0.1, -0.05) is 32.0 Å². The molecule has 0 N–H and O–H groups in total. The highest BCUT2D eigenvalue weighted by Gasteiger charge is 2.11. The molecule has 1 rings (SSSR count). The zero-order valence-electron chi connectivity index (χ0n) is 9.62. The molecule has 1 aromatic carbocycles. The third-order valence-corrected chi connectivity index (χ3v) is 2.63. The predicted octanol–water partition coefficient (Wildman–Crippen LogP) is 2.99. The summed E-state index contributed by atoms with van der Waals surface area (Å²) in [5.74, 6) is 1.06. The Labute approximate surface area is 91.3 Å². The minimum Gasteiger partial charge on any atom is -0.486 e. The molecule has 0 radical (unpaired) electrons. The molecule has 0 aromatic heterocycles. The number of carbonyl (C=O) groups is 1. The second-order valence-corrected chi connectivity index (χ2v) is 3.83. The first-order valence-electron chi connectivity index (χ1n) is 5.36. The van der Waals surface area contributed by atoms with E-state index in [0.717, 1.165) is 17.7 Å². The normalized spacial score (nSPS) is 12.2. The quantitative estimate of drug-likeness (QED) is 0.740. The molecule has 0 spiro atoms. The van der Waals surface area contributed by atoms with Crippen LogP contribution in [0.3, 0.4) is 0 Å². The van der Waals surface area contributed by atoms with Gasteiger partial charge in [0.25, 0.3) is 0 Å². The van der Waals surface area contributed by atoms with Crippen molar-refractivity contribution in [1.29, 1.82) is 0 Å². The van der Waals surface area contributed by atoms with Crippen LogP contribution in [0.4, 0.5) is 0 Å². The highest BCUT2D eigenvalue weighted by molar-refractivity contribution is 5.82. The van der Waals surface area contributed by atoms with E-state index in [9.17, 15) is 4.79 Å². The van der Waals surface area contributed by atoms with Gasteiger partial charge in [0.1, 0.15) is 12.4 Å². The lowest BCUT2D eigenvalue weighted by Gasteiger charge is -2.10. The van der Waals surface area contributed by atoms with Gasteiger partial charge in [-0.25, -0.2) is 0 Å². The van der Waals surface area contributed by atoms with Crippen molar-refractivity contribution in [1.82, 2.24) is 0 Å². The summed E-state index contributed by atoms with van der Waals surface area (Å²) in [6, 6.07) is 7.73. The molecule has 1 atom stereocenters. The Kier molecular flexibility index (Phi) is 4.35. The molecule has 0 bridgehead atoms. The van der Waals surface area contributed by atoms with Crippen LogP contribution in [-0.2, 0) is 4.79 Å². The van der Waals surface area contributed by atoms with E-state index < -0.39 is 0 Å². The molecular weight excluding hydrogens is 188 g/mol. The highest BCUT2D eigenvalue weighted by atomic mass is 16.5. The molecule has 0 fully saturated rings. The summed E-state index contributed by atoms with van der Waals surface area (Å²) in [7, 11) is 0. The van der Waals surface area contributed by atoms with Crippen LogP contribution in [0.2, 0.25) is 0 Å². The van der Waals surface area contributed by atoms with Gasteiger partial charge in [-0.3, -0.25) is 4.79 Å². The van der Waals surface area contributed by atoms with Crippen LogP contribution in [0, 0.1) is 12.8 Å². The minimum atomic E-state index is 0.0917. The standard InChI is InChI=1S/C13H18O2/c1-4-10(2)12(14)9-15-13-8-6-5-7-11(13)3/h5-8,10H,4,9H2,1-3H3. The number of ketones is 1. The maximum atomic E-state index is 11.5. The van der Waals surface area contributed by atoms with Gasteiger partial charge in [-0.15, -0.1) is 0 Å². The summed E-state index contributed by atoms with van der Waals surface area (Å²) in [5, 5.41) is 0. The van der Waals surface area contributed by atoms with E-state index in [2.05, 4.69) is 0 Å². The molecule has 0 aliphatic rings. The van der Waals surface area contributed by atoms with Crippen molar-refractivity contribution in [2.45, 2.75) is 27.2 Å². The number of benzene rings is 1. The first-order chi connectivity index (χ1) is 7.15. The average Bonchev–Trinajstić information content (AvgIpc) is 2.26. The van der Waals surface area contributed by atoms with Crippen LogP contribution < -0.4 is 4.74 Å². The Morgan fingerprint density at radius 2 is 2.07 bits per heavy atom. The van der Waals surface area contributed by atoms with Gasteiger partial charge in [0.15, 0.2) is 5.78 Å². The molecule has 0 saturated heterocycles. The Balaban J connectivity index is 2.51. The number of aryl methyl sites for hydroxylation is 1. The Hall–Kier alpha value is -1.31. The summed E-state index contributed by atoms with van der Waals surface area (Å²) in [4.78, 5) is 11.5. The van der Waals surface area contributed by atoms with Crippen LogP contribution in [0.1, 0.15) is 25.8 Å². The first-order valence-corrected chi connectivity index (χ1v) is 5.36. The molecule has 0 aliphatic carbocycles. The number of hydrogen-bond donors (Lipinski definition) is 0. The van der Waals surface area contributed by atoms with E-state index >= 15 is 0 Å². The Morgan fingerprint density at radius 1 is 1.40 bits per heavy atom. The Bertz CT molecular complexity index is 331. The van der Waals surface area contributed by atoms with Crippen LogP contribution in [0.5, 0.6) is 5.75 Å². The van der Waals surface area contributed by atoms with E-state index in [0.29, 0.717) is 0 Å². The molecule has 2 nitrogen and oxygen atoms in total. The van der Waals surface area contributed by atoms with Crippen molar-refractivity contribution >= 4 is 5.78 Å². The van der Waals surface area contributed by atoms with Crippen LogP contribution >= 0.6 is 0 Å². The number of hydrogen-bond acceptors (Lipinski definition) is 2. The lowest BCUT2D eigenvalue weighted by Crippen LogP contribution is -2.18. The zero-order valence-corrected chi connectivity index (χ0v) is 9.62. The van der Waals surface area contributed by atoms with Gasteiger partial charge in [-0.2, -0.15) is 0 Å². The van der Waals surface area contributed by atoms with Crippen molar-refractivity contribution in [2.75, 3.05) is 6.61 Å². The van der Waals surface area contributed by atoms with Gasteiger partial charge in [0.2, 0.25) is 0 Å². The maximum Gasteiger partial charge on any atom is 0.172 e. The summed E-state index contributed by atoms with van der Waals surface area (Å²) >= 11 is 0. The summed E-state index contributed by atoms with van der Waals surface area (Å²) in [6.07, 6.45) is 0.871. The summed E-state index contributed by atoms with van der Waals surface area (Å²) < 4.78 is 5.47. The van der Waals surface area contributed by atoms with E-state index in [4.69, 9.17) is 4.74 Å². The van der Waals surface area contributed by atoms with E-state index in [1.807, 2.05) is 45.0 Å². The van der Waals surface area contributed by atoms with Gasteiger partial charge in [-0.05, 0) is 25.0 Å². The predicted molar refractivity (Wildman–Crippen MR) is 61.1 cm³/mol. The monoisotopic (exact) mass is 206 g/mol. The van der Waals surface area contributed by atoms with Gasteiger partial charge >= 0.3 is 0 Å². The molecule has 1 unspecified atom stereocenters. The summed E-state index contributed by atoms with van der Waals surface area (Å²) in [6.45, 7) is 6.10. The average molecular weight is 206 g/mol. The first kappa shape index (κ1) is 11.8. The second-order valence-electron chi connectivity index (χ2n) is 3.83. The highest BCUT2D eigenvalue weighted by Crippen LogP contribution is 2.16.